The van der Waals surface area contributed by atoms with Crippen LogP contribution in [-0.2, 0) is 20.8 Å². The Labute approximate surface area is 170 Å². The van der Waals surface area contributed by atoms with E-state index in [4.69, 9.17) is 0 Å². The first kappa shape index (κ1) is 19.2. The fraction of sp³-hybridized carbons (Fsp3) is 0.348. The normalized spacial score (nSPS) is 19.5. The van der Waals surface area contributed by atoms with Gasteiger partial charge in [0.1, 0.15) is 0 Å². The summed E-state index contributed by atoms with van der Waals surface area (Å²) >= 11 is 0. The summed E-state index contributed by atoms with van der Waals surface area (Å²) < 4.78 is 0. The maximum absolute atomic E-state index is 12.9. The molecule has 4 rings (SSSR count). The Morgan fingerprint density at radius 3 is 2.07 bits per heavy atom. The van der Waals surface area contributed by atoms with E-state index in [0.29, 0.717) is 39.1 Å². The number of rotatable bonds is 4. The monoisotopic (exact) mass is 391 g/mol. The van der Waals surface area contributed by atoms with Crippen LogP contribution >= 0.6 is 0 Å². The molecule has 1 atom stereocenters. The number of anilines is 1. The topological polar surface area (TPSA) is 60.9 Å². The summed E-state index contributed by atoms with van der Waals surface area (Å²) in [5.41, 5.74) is 1.84. The van der Waals surface area contributed by atoms with E-state index in [9.17, 15) is 14.4 Å². The Kier molecular flexibility index (Phi) is 5.60. The average Bonchev–Trinajstić information content (AvgIpc) is 3.16. The third kappa shape index (κ3) is 4.31. The van der Waals surface area contributed by atoms with Gasteiger partial charge in [-0.3, -0.25) is 14.4 Å². The minimum Gasteiger partial charge on any atom is -0.339 e. The summed E-state index contributed by atoms with van der Waals surface area (Å²) in [6.45, 7) is 2.56. The molecule has 0 saturated carbocycles. The van der Waals surface area contributed by atoms with E-state index in [-0.39, 0.29) is 30.1 Å². The van der Waals surface area contributed by atoms with Gasteiger partial charge in [-0.25, -0.2) is 0 Å². The largest absolute Gasteiger partial charge is 0.339 e. The lowest BCUT2D eigenvalue weighted by Gasteiger charge is -2.36. The zero-order valence-electron chi connectivity index (χ0n) is 16.4. The van der Waals surface area contributed by atoms with Crippen LogP contribution in [0.15, 0.2) is 60.7 Å². The minimum atomic E-state index is -0.311. The van der Waals surface area contributed by atoms with Crippen molar-refractivity contribution in [2.45, 2.75) is 12.8 Å². The second-order valence-electron chi connectivity index (χ2n) is 7.61. The second-order valence-corrected chi connectivity index (χ2v) is 7.61. The highest BCUT2D eigenvalue weighted by atomic mass is 16.2. The number of carbonyl (C=O) groups is 3. The zero-order chi connectivity index (χ0) is 20.2. The first-order valence-electron chi connectivity index (χ1n) is 10.1. The molecule has 2 aromatic carbocycles. The van der Waals surface area contributed by atoms with E-state index in [0.717, 1.165) is 11.3 Å². The van der Waals surface area contributed by atoms with Crippen molar-refractivity contribution in [3.05, 3.63) is 66.2 Å². The number of carbonyl (C=O) groups excluding carboxylic acids is 3. The smallest absolute Gasteiger partial charge is 0.228 e. The van der Waals surface area contributed by atoms with Gasteiger partial charge >= 0.3 is 0 Å². The van der Waals surface area contributed by atoms with Crippen molar-refractivity contribution in [3.63, 3.8) is 0 Å². The van der Waals surface area contributed by atoms with Crippen LogP contribution in [0.25, 0.3) is 0 Å². The number of para-hydroxylation sites is 1. The van der Waals surface area contributed by atoms with E-state index in [1.807, 2.05) is 65.6 Å². The third-order valence-electron chi connectivity index (χ3n) is 5.68. The highest BCUT2D eigenvalue weighted by molar-refractivity contribution is 6.00. The summed E-state index contributed by atoms with van der Waals surface area (Å²) in [4.78, 5) is 43.2. The molecule has 0 aliphatic carbocycles. The van der Waals surface area contributed by atoms with Gasteiger partial charge in [0.25, 0.3) is 0 Å². The number of piperazine rings is 1. The van der Waals surface area contributed by atoms with Crippen molar-refractivity contribution >= 4 is 23.4 Å². The van der Waals surface area contributed by atoms with E-state index in [2.05, 4.69) is 0 Å². The summed E-state index contributed by atoms with van der Waals surface area (Å²) in [5.74, 6) is -0.206. The van der Waals surface area contributed by atoms with E-state index in [1.165, 1.54) is 0 Å². The maximum atomic E-state index is 12.9. The Morgan fingerprint density at radius 2 is 1.41 bits per heavy atom. The van der Waals surface area contributed by atoms with Gasteiger partial charge in [0.2, 0.25) is 17.7 Å². The molecule has 150 valence electrons. The van der Waals surface area contributed by atoms with Gasteiger partial charge < -0.3 is 14.7 Å². The Bertz CT molecular complexity index is 877. The Balaban J connectivity index is 1.30. The molecule has 0 bridgehead atoms. The van der Waals surface area contributed by atoms with Gasteiger partial charge in [-0.2, -0.15) is 0 Å². The van der Waals surface area contributed by atoms with Crippen LogP contribution in [0, 0.1) is 5.92 Å². The Hall–Kier alpha value is -3.15. The molecule has 2 aliphatic heterocycles. The lowest BCUT2D eigenvalue weighted by atomic mass is 10.1. The number of hydrogen-bond acceptors (Lipinski definition) is 3. The molecule has 3 amide bonds. The molecule has 2 heterocycles. The number of benzene rings is 2. The van der Waals surface area contributed by atoms with Crippen LogP contribution in [0.2, 0.25) is 0 Å². The maximum Gasteiger partial charge on any atom is 0.228 e. The summed E-state index contributed by atoms with van der Waals surface area (Å²) in [7, 11) is 0. The van der Waals surface area contributed by atoms with E-state index < -0.39 is 0 Å². The van der Waals surface area contributed by atoms with Crippen molar-refractivity contribution < 1.29 is 14.4 Å². The van der Waals surface area contributed by atoms with Crippen LogP contribution < -0.4 is 4.90 Å². The first-order chi connectivity index (χ1) is 14.1. The number of nitrogens with zero attached hydrogens (tertiary/aromatic N) is 3. The van der Waals surface area contributed by atoms with Gasteiger partial charge in [-0.15, -0.1) is 0 Å². The number of amides is 3. The van der Waals surface area contributed by atoms with Crippen LogP contribution in [-0.4, -0.2) is 60.2 Å². The zero-order valence-corrected chi connectivity index (χ0v) is 16.4. The second kappa shape index (κ2) is 8.47. The minimum absolute atomic E-state index is 0.00813. The summed E-state index contributed by atoms with van der Waals surface area (Å²) in [6, 6.07) is 19.2. The quantitative estimate of drug-likeness (QED) is 0.801. The van der Waals surface area contributed by atoms with Gasteiger partial charge in [0, 0.05) is 44.8 Å². The third-order valence-corrected chi connectivity index (χ3v) is 5.68. The predicted molar refractivity (Wildman–Crippen MR) is 110 cm³/mol. The fourth-order valence-electron chi connectivity index (χ4n) is 4.05. The molecule has 29 heavy (non-hydrogen) atoms. The molecule has 2 fully saturated rings. The fourth-order valence-corrected chi connectivity index (χ4v) is 4.05. The lowest BCUT2D eigenvalue weighted by molar-refractivity contribution is -0.141. The van der Waals surface area contributed by atoms with Crippen molar-refractivity contribution in [1.82, 2.24) is 9.80 Å². The molecule has 2 aromatic rings. The molecule has 1 unspecified atom stereocenters. The molecule has 2 saturated heterocycles. The molecular weight excluding hydrogens is 366 g/mol. The SMILES string of the molecule is O=C(Cc1ccccc1)N1CCN(C(=O)C2CC(=O)N(c3ccccc3)C2)CC1. The van der Waals surface area contributed by atoms with E-state index >= 15 is 0 Å². The summed E-state index contributed by atoms with van der Waals surface area (Å²) in [5, 5.41) is 0. The molecule has 0 aromatic heterocycles. The van der Waals surface area contributed by atoms with Crippen molar-refractivity contribution in [2.24, 2.45) is 5.92 Å². The van der Waals surface area contributed by atoms with Crippen LogP contribution in [0.1, 0.15) is 12.0 Å². The average molecular weight is 391 g/mol. The highest BCUT2D eigenvalue weighted by Gasteiger charge is 2.38. The van der Waals surface area contributed by atoms with Crippen LogP contribution in [0.4, 0.5) is 5.69 Å². The Morgan fingerprint density at radius 1 is 0.828 bits per heavy atom. The summed E-state index contributed by atoms with van der Waals surface area (Å²) in [6.07, 6.45) is 0.638. The van der Waals surface area contributed by atoms with Crippen molar-refractivity contribution in [3.8, 4) is 0 Å². The molecule has 0 spiro atoms. The predicted octanol–water partition coefficient (Wildman–Crippen LogP) is 1.95. The first-order valence-corrected chi connectivity index (χ1v) is 10.1. The van der Waals surface area contributed by atoms with Gasteiger partial charge in [-0.1, -0.05) is 48.5 Å². The van der Waals surface area contributed by atoms with Gasteiger partial charge in [-0.05, 0) is 17.7 Å². The van der Waals surface area contributed by atoms with Crippen molar-refractivity contribution in [2.75, 3.05) is 37.6 Å². The molecule has 0 N–H and O–H groups in total. The molecule has 0 radical (unpaired) electrons. The van der Waals surface area contributed by atoms with Crippen molar-refractivity contribution in [1.29, 1.82) is 0 Å². The number of hydrogen-bond donors (Lipinski definition) is 0. The molecule has 2 aliphatic rings. The molecule has 6 nitrogen and oxygen atoms in total. The molecular formula is C23H25N3O3. The lowest BCUT2D eigenvalue weighted by Crippen LogP contribution is -2.52. The highest BCUT2D eigenvalue weighted by Crippen LogP contribution is 2.26. The molecule has 6 heteroatoms. The standard InChI is InChI=1S/C23H25N3O3/c27-21(15-18-7-3-1-4-8-18)24-11-13-25(14-12-24)23(29)19-16-22(28)26(17-19)20-9-5-2-6-10-20/h1-10,19H,11-17H2. The van der Waals surface area contributed by atoms with Crippen LogP contribution in [0.3, 0.4) is 0 Å². The van der Waals surface area contributed by atoms with Gasteiger partial charge in [0.05, 0.1) is 12.3 Å². The van der Waals surface area contributed by atoms with E-state index in [1.54, 1.807) is 9.80 Å². The van der Waals surface area contributed by atoms with Crippen LogP contribution in [0.5, 0.6) is 0 Å². The van der Waals surface area contributed by atoms with Gasteiger partial charge in [0.15, 0.2) is 0 Å².